The molecule has 3 N–H and O–H groups in total. The minimum absolute atomic E-state index is 0.00982. The van der Waals surface area contributed by atoms with E-state index in [0.29, 0.717) is 30.9 Å². The standard InChI is InChI=1S/C22H31N5O6/c1-22(2,3)32-20(30)23-15-17-18(28)27(19(29)24-17)33-21(31)26-13-11-25(12-14-26)10-9-16-7-5-4-6-8-16/h4-8,28H,9-15H2,1-3H3,(H,23,30)(H,24,29). The molecule has 11 heteroatoms. The molecule has 0 saturated carbocycles. The Morgan fingerprint density at radius 1 is 1.12 bits per heavy atom. The molecule has 0 spiro atoms. The first kappa shape index (κ1) is 24.2. The molecule has 2 amide bonds. The van der Waals surface area contributed by atoms with Gasteiger partial charge >= 0.3 is 17.9 Å². The number of hydrogen-bond donors (Lipinski definition) is 3. The average molecular weight is 462 g/mol. The predicted octanol–water partition coefficient (Wildman–Crippen LogP) is 1.32. The molecule has 11 nitrogen and oxygen atoms in total. The van der Waals surface area contributed by atoms with Crippen LogP contribution in [0.15, 0.2) is 35.1 Å². The number of nitrogens with zero attached hydrogens (tertiary/aromatic N) is 3. The molecule has 0 unspecified atom stereocenters. The highest BCUT2D eigenvalue weighted by molar-refractivity contribution is 5.68. The summed E-state index contributed by atoms with van der Waals surface area (Å²) >= 11 is 0. The first-order valence-corrected chi connectivity index (χ1v) is 10.9. The molecule has 33 heavy (non-hydrogen) atoms. The number of carbonyl (C=O) groups is 2. The fraction of sp³-hybridized carbons (Fsp3) is 0.500. The summed E-state index contributed by atoms with van der Waals surface area (Å²) in [5.41, 5.74) is -0.265. The predicted molar refractivity (Wildman–Crippen MR) is 120 cm³/mol. The summed E-state index contributed by atoms with van der Waals surface area (Å²) in [5, 5.41) is 12.7. The molecule has 0 atom stereocenters. The van der Waals surface area contributed by atoms with Crippen molar-refractivity contribution in [1.29, 1.82) is 0 Å². The average Bonchev–Trinajstić information content (AvgIpc) is 3.03. The molecule has 0 aliphatic carbocycles. The number of carbonyl (C=O) groups excluding carboxylic acids is 2. The zero-order valence-corrected chi connectivity index (χ0v) is 19.2. The van der Waals surface area contributed by atoms with E-state index in [1.807, 2.05) is 18.2 Å². The zero-order valence-electron chi connectivity index (χ0n) is 19.2. The van der Waals surface area contributed by atoms with Crippen LogP contribution in [0.3, 0.4) is 0 Å². The van der Waals surface area contributed by atoms with E-state index < -0.39 is 29.4 Å². The highest BCUT2D eigenvalue weighted by Crippen LogP contribution is 2.13. The van der Waals surface area contributed by atoms with Crippen LogP contribution < -0.4 is 15.8 Å². The second kappa shape index (κ2) is 10.4. The van der Waals surface area contributed by atoms with Gasteiger partial charge in [-0.3, -0.25) is 4.90 Å². The van der Waals surface area contributed by atoms with Crippen LogP contribution in [0.4, 0.5) is 9.59 Å². The highest BCUT2D eigenvalue weighted by Gasteiger charge is 2.25. The van der Waals surface area contributed by atoms with Crippen LogP contribution in [0.1, 0.15) is 32.0 Å². The number of amides is 2. The number of alkyl carbamates (subject to hydrolysis) is 1. The molecule has 3 rings (SSSR count). The van der Waals surface area contributed by atoms with Crippen LogP contribution in [0.25, 0.3) is 0 Å². The van der Waals surface area contributed by atoms with E-state index in [-0.39, 0.29) is 12.2 Å². The van der Waals surface area contributed by atoms with Gasteiger partial charge in [-0.05, 0) is 32.8 Å². The second-order valence-electron chi connectivity index (χ2n) is 8.80. The fourth-order valence-corrected chi connectivity index (χ4v) is 3.36. The van der Waals surface area contributed by atoms with Crippen LogP contribution in [0, 0.1) is 0 Å². The van der Waals surface area contributed by atoms with Gasteiger partial charge < -0.3 is 29.9 Å². The molecule has 1 aromatic heterocycles. The molecule has 0 bridgehead atoms. The summed E-state index contributed by atoms with van der Waals surface area (Å²) < 4.78 is 5.59. The largest absolute Gasteiger partial charge is 0.491 e. The summed E-state index contributed by atoms with van der Waals surface area (Å²) in [6.07, 6.45) is -0.517. The van der Waals surface area contributed by atoms with Crippen molar-refractivity contribution in [3.63, 3.8) is 0 Å². The zero-order chi connectivity index (χ0) is 24.0. The second-order valence-corrected chi connectivity index (χ2v) is 8.80. The number of ether oxygens (including phenoxy) is 1. The SMILES string of the molecule is CC(C)(C)OC(=O)NCc1[nH]c(=O)n(OC(=O)N2CCN(CCc3ccccc3)CC2)c1O. The lowest BCUT2D eigenvalue weighted by atomic mass is 10.1. The van der Waals surface area contributed by atoms with Crippen molar-refractivity contribution in [3.8, 4) is 5.88 Å². The van der Waals surface area contributed by atoms with E-state index in [0.717, 1.165) is 13.0 Å². The minimum Gasteiger partial charge on any atom is -0.491 e. The quantitative estimate of drug-likeness (QED) is 0.592. The molecule has 1 aromatic carbocycles. The van der Waals surface area contributed by atoms with Gasteiger partial charge in [0.2, 0.25) is 0 Å². The van der Waals surface area contributed by atoms with Crippen LogP contribution in [-0.4, -0.2) is 75.1 Å². The van der Waals surface area contributed by atoms with Crippen molar-refractivity contribution >= 4 is 12.2 Å². The lowest BCUT2D eigenvalue weighted by Crippen LogP contribution is -2.51. The lowest BCUT2D eigenvalue weighted by molar-refractivity contribution is 0.0519. The van der Waals surface area contributed by atoms with Crippen molar-refractivity contribution in [1.82, 2.24) is 24.8 Å². The van der Waals surface area contributed by atoms with Crippen molar-refractivity contribution in [2.75, 3.05) is 32.7 Å². The smallest absolute Gasteiger partial charge is 0.434 e. The number of hydrogen-bond acceptors (Lipinski definition) is 7. The summed E-state index contributed by atoms with van der Waals surface area (Å²) in [6, 6.07) is 10.2. The third-order valence-electron chi connectivity index (χ3n) is 5.07. The molecule has 1 saturated heterocycles. The lowest BCUT2D eigenvalue weighted by Gasteiger charge is -2.33. The number of H-pyrrole nitrogens is 1. The monoisotopic (exact) mass is 461 g/mol. The molecule has 0 radical (unpaired) electrons. The Labute approximate surface area is 191 Å². The maximum atomic E-state index is 12.5. The number of imidazole rings is 1. The van der Waals surface area contributed by atoms with Crippen LogP contribution in [-0.2, 0) is 17.7 Å². The van der Waals surface area contributed by atoms with Crippen LogP contribution in [0.2, 0.25) is 0 Å². The Morgan fingerprint density at radius 2 is 1.79 bits per heavy atom. The Kier molecular flexibility index (Phi) is 7.64. The van der Waals surface area contributed by atoms with Gasteiger partial charge in [0.05, 0.1) is 6.54 Å². The molecule has 2 aromatic rings. The van der Waals surface area contributed by atoms with E-state index in [1.54, 1.807) is 20.8 Å². The van der Waals surface area contributed by atoms with Crippen LogP contribution in [0.5, 0.6) is 5.88 Å². The van der Waals surface area contributed by atoms with Crippen molar-refractivity contribution in [3.05, 3.63) is 52.1 Å². The summed E-state index contributed by atoms with van der Waals surface area (Å²) in [7, 11) is 0. The molecule has 180 valence electrons. The van der Waals surface area contributed by atoms with Gasteiger partial charge in [0.25, 0.3) is 5.88 Å². The van der Waals surface area contributed by atoms with Gasteiger partial charge in [0, 0.05) is 32.7 Å². The summed E-state index contributed by atoms with van der Waals surface area (Å²) in [4.78, 5) is 47.6. The van der Waals surface area contributed by atoms with Gasteiger partial charge in [-0.1, -0.05) is 35.1 Å². The number of nitrogens with one attached hydrogen (secondary N) is 2. The first-order valence-electron chi connectivity index (χ1n) is 10.9. The Hall–Kier alpha value is -3.47. The van der Waals surface area contributed by atoms with Crippen LogP contribution >= 0.6 is 0 Å². The van der Waals surface area contributed by atoms with Crippen molar-refractivity contribution < 1.29 is 24.3 Å². The van der Waals surface area contributed by atoms with Gasteiger partial charge in [-0.25, -0.2) is 14.4 Å². The van der Waals surface area contributed by atoms with Crippen molar-refractivity contribution in [2.45, 2.75) is 39.3 Å². The van der Waals surface area contributed by atoms with Gasteiger partial charge in [0.15, 0.2) is 0 Å². The fourth-order valence-electron chi connectivity index (χ4n) is 3.36. The topological polar surface area (TPSA) is 129 Å². The van der Waals surface area contributed by atoms with E-state index in [9.17, 15) is 19.5 Å². The number of aromatic amines is 1. The van der Waals surface area contributed by atoms with Gasteiger partial charge in [-0.15, -0.1) is 0 Å². The molecule has 1 aliphatic heterocycles. The minimum atomic E-state index is -0.830. The maximum Gasteiger partial charge on any atom is 0.434 e. The Bertz CT molecular complexity index is 1000. The highest BCUT2D eigenvalue weighted by atomic mass is 16.7. The Morgan fingerprint density at radius 3 is 2.42 bits per heavy atom. The third-order valence-corrected chi connectivity index (χ3v) is 5.07. The van der Waals surface area contributed by atoms with E-state index in [4.69, 9.17) is 9.57 Å². The summed E-state index contributed by atoms with van der Waals surface area (Å²) in [5.74, 6) is -0.592. The molecular formula is C22H31N5O6. The van der Waals surface area contributed by atoms with Gasteiger partial charge in [0.1, 0.15) is 11.3 Å². The number of rotatable bonds is 6. The Balaban J connectivity index is 1.48. The normalized spacial score (nSPS) is 14.7. The molecular weight excluding hydrogens is 430 g/mol. The molecule has 1 fully saturated rings. The number of benzene rings is 1. The first-order chi connectivity index (χ1) is 15.6. The van der Waals surface area contributed by atoms with E-state index >= 15 is 0 Å². The third kappa shape index (κ3) is 7.01. The van der Waals surface area contributed by atoms with Gasteiger partial charge in [-0.2, -0.15) is 0 Å². The maximum absolute atomic E-state index is 12.5. The number of aromatic nitrogens is 2. The molecule has 1 aliphatic rings. The number of aromatic hydroxyl groups is 1. The van der Waals surface area contributed by atoms with Crippen molar-refractivity contribution in [2.24, 2.45) is 0 Å². The number of piperazine rings is 1. The van der Waals surface area contributed by atoms with E-state index in [1.165, 1.54) is 10.5 Å². The summed E-state index contributed by atoms with van der Waals surface area (Å²) in [6.45, 7) is 8.07. The molecule has 2 heterocycles. The van der Waals surface area contributed by atoms with E-state index in [2.05, 4.69) is 27.3 Å².